The highest BCUT2D eigenvalue weighted by molar-refractivity contribution is 6.31. The number of carbonyl (C=O) groups is 1. The molecule has 0 unspecified atom stereocenters. The van der Waals surface area contributed by atoms with Gasteiger partial charge in [-0.05, 0) is 42.3 Å². The molecule has 0 aliphatic carbocycles. The van der Waals surface area contributed by atoms with E-state index in [1.165, 1.54) is 18.2 Å². The third-order valence-electron chi connectivity index (χ3n) is 2.79. The van der Waals surface area contributed by atoms with Crippen molar-refractivity contribution < 1.29 is 9.18 Å². The highest BCUT2D eigenvalue weighted by Gasteiger charge is 2.11. The van der Waals surface area contributed by atoms with E-state index in [4.69, 9.17) is 23.2 Å². The molecule has 0 atom stereocenters. The molecule has 0 bridgehead atoms. The Morgan fingerprint density at radius 2 is 1.70 bits per heavy atom. The third kappa shape index (κ3) is 3.95. The van der Waals surface area contributed by atoms with E-state index in [0.717, 1.165) is 5.56 Å². The van der Waals surface area contributed by atoms with E-state index in [1.54, 1.807) is 12.1 Å². The fourth-order valence-electron chi connectivity index (χ4n) is 1.74. The summed E-state index contributed by atoms with van der Waals surface area (Å²) in [6, 6.07) is 11.2. The van der Waals surface area contributed by atoms with Gasteiger partial charge in [0.05, 0.1) is 5.56 Å². The zero-order chi connectivity index (χ0) is 14.5. The SMILES string of the molecule is O=C(NCCc1ccc(Cl)cc1)c1cc(Cl)ccc1F. The number of nitrogens with one attached hydrogen (secondary N) is 1. The van der Waals surface area contributed by atoms with Crippen molar-refractivity contribution in [3.05, 3.63) is 69.5 Å². The van der Waals surface area contributed by atoms with E-state index >= 15 is 0 Å². The molecule has 0 saturated carbocycles. The molecule has 0 heterocycles. The van der Waals surface area contributed by atoms with E-state index < -0.39 is 11.7 Å². The summed E-state index contributed by atoms with van der Waals surface area (Å²) in [5.41, 5.74) is 0.995. The van der Waals surface area contributed by atoms with E-state index in [0.29, 0.717) is 23.0 Å². The zero-order valence-corrected chi connectivity index (χ0v) is 12.0. The Kier molecular flexibility index (Phi) is 4.99. The number of benzene rings is 2. The molecule has 0 spiro atoms. The first-order valence-corrected chi connectivity index (χ1v) is 6.79. The van der Waals surface area contributed by atoms with Gasteiger partial charge in [0.2, 0.25) is 0 Å². The second-order valence-electron chi connectivity index (χ2n) is 4.26. The van der Waals surface area contributed by atoms with E-state index in [-0.39, 0.29) is 5.56 Å². The summed E-state index contributed by atoms with van der Waals surface area (Å²) >= 11 is 11.5. The van der Waals surface area contributed by atoms with Crippen molar-refractivity contribution in [1.82, 2.24) is 5.32 Å². The first-order valence-electron chi connectivity index (χ1n) is 6.04. The minimum absolute atomic E-state index is 0.0476. The largest absolute Gasteiger partial charge is 0.352 e. The first-order chi connectivity index (χ1) is 9.56. The molecule has 0 saturated heterocycles. The lowest BCUT2D eigenvalue weighted by molar-refractivity contribution is 0.0950. The number of rotatable bonds is 4. The number of halogens is 3. The molecule has 1 N–H and O–H groups in total. The molecule has 20 heavy (non-hydrogen) atoms. The highest BCUT2D eigenvalue weighted by atomic mass is 35.5. The van der Waals surface area contributed by atoms with Crippen LogP contribution in [0, 0.1) is 5.82 Å². The number of carbonyl (C=O) groups excluding carboxylic acids is 1. The van der Waals surface area contributed by atoms with Crippen LogP contribution in [0.3, 0.4) is 0 Å². The van der Waals surface area contributed by atoms with Gasteiger partial charge in [0, 0.05) is 16.6 Å². The molecule has 2 aromatic carbocycles. The number of amides is 1. The average molecular weight is 312 g/mol. The van der Waals surface area contributed by atoms with Crippen LogP contribution in [0.1, 0.15) is 15.9 Å². The molecule has 2 aromatic rings. The van der Waals surface area contributed by atoms with Gasteiger partial charge in [-0.2, -0.15) is 0 Å². The lowest BCUT2D eigenvalue weighted by atomic mass is 10.1. The van der Waals surface area contributed by atoms with Crippen LogP contribution >= 0.6 is 23.2 Å². The number of hydrogen-bond donors (Lipinski definition) is 1. The fourth-order valence-corrected chi connectivity index (χ4v) is 2.04. The predicted octanol–water partition coefficient (Wildman–Crippen LogP) is 4.11. The van der Waals surface area contributed by atoms with Crippen molar-refractivity contribution in [2.24, 2.45) is 0 Å². The summed E-state index contributed by atoms with van der Waals surface area (Å²) < 4.78 is 13.5. The van der Waals surface area contributed by atoms with E-state index in [1.807, 2.05) is 12.1 Å². The van der Waals surface area contributed by atoms with Gasteiger partial charge in [-0.25, -0.2) is 4.39 Å². The van der Waals surface area contributed by atoms with Crippen molar-refractivity contribution in [2.45, 2.75) is 6.42 Å². The minimum atomic E-state index is -0.585. The Morgan fingerprint density at radius 3 is 2.40 bits per heavy atom. The Bertz CT molecular complexity index is 614. The van der Waals surface area contributed by atoms with Crippen LogP contribution in [0.4, 0.5) is 4.39 Å². The Morgan fingerprint density at radius 1 is 1.05 bits per heavy atom. The van der Waals surface area contributed by atoms with Crippen LogP contribution in [0.2, 0.25) is 10.0 Å². The molecule has 0 aromatic heterocycles. The smallest absolute Gasteiger partial charge is 0.254 e. The van der Waals surface area contributed by atoms with E-state index in [9.17, 15) is 9.18 Å². The van der Waals surface area contributed by atoms with Gasteiger partial charge in [0.15, 0.2) is 0 Å². The number of hydrogen-bond acceptors (Lipinski definition) is 1. The van der Waals surface area contributed by atoms with Crippen LogP contribution in [0.5, 0.6) is 0 Å². The molecule has 0 aliphatic rings. The summed E-state index contributed by atoms with van der Waals surface area (Å²) in [5.74, 6) is -1.06. The molecular weight excluding hydrogens is 300 g/mol. The van der Waals surface area contributed by atoms with Gasteiger partial charge in [-0.3, -0.25) is 4.79 Å². The fraction of sp³-hybridized carbons (Fsp3) is 0.133. The quantitative estimate of drug-likeness (QED) is 0.904. The normalized spacial score (nSPS) is 10.3. The van der Waals surface area contributed by atoms with Gasteiger partial charge in [-0.15, -0.1) is 0 Å². The van der Waals surface area contributed by atoms with Gasteiger partial charge in [0.1, 0.15) is 5.82 Å². The summed E-state index contributed by atoms with van der Waals surface area (Å²) in [5, 5.41) is 3.65. The summed E-state index contributed by atoms with van der Waals surface area (Å²) in [6.45, 7) is 0.409. The van der Waals surface area contributed by atoms with Gasteiger partial charge >= 0.3 is 0 Å². The molecule has 2 nitrogen and oxygen atoms in total. The molecule has 2 rings (SSSR count). The van der Waals surface area contributed by atoms with Crippen molar-refractivity contribution in [2.75, 3.05) is 6.54 Å². The third-order valence-corrected chi connectivity index (χ3v) is 3.27. The standard InChI is InChI=1S/C15H12Cl2FNO/c16-11-3-1-10(2-4-11)7-8-19-15(20)13-9-12(17)5-6-14(13)18/h1-6,9H,7-8H2,(H,19,20). The lowest BCUT2D eigenvalue weighted by Gasteiger charge is -2.07. The average Bonchev–Trinajstić information content (AvgIpc) is 2.43. The maximum atomic E-state index is 13.5. The van der Waals surface area contributed by atoms with Crippen LogP contribution in [0.15, 0.2) is 42.5 Å². The van der Waals surface area contributed by atoms with Gasteiger partial charge in [0.25, 0.3) is 5.91 Å². The molecule has 0 radical (unpaired) electrons. The second-order valence-corrected chi connectivity index (χ2v) is 5.13. The van der Waals surface area contributed by atoms with Crippen LogP contribution in [-0.4, -0.2) is 12.5 Å². The molecule has 0 aliphatic heterocycles. The summed E-state index contributed by atoms with van der Waals surface area (Å²) in [7, 11) is 0. The van der Waals surface area contributed by atoms with Crippen LogP contribution < -0.4 is 5.32 Å². The Labute approximate surface area is 126 Å². The molecule has 104 valence electrons. The molecule has 0 fully saturated rings. The van der Waals surface area contributed by atoms with Crippen molar-refractivity contribution in [3.8, 4) is 0 Å². The maximum absolute atomic E-state index is 13.5. The van der Waals surface area contributed by atoms with Crippen LogP contribution in [-0.2, 0) is 6.42 Å². The second kappa shape index (κ2) is 6.73. The molecule has 5 heteroatoms. The summed E-state index contributed by atoms with van der Waals surface area (Å²) in [6.07, 6.45) is 0.644. The van der Waals surface area contributed by atoms with E-state index in [2.05, 4.69) is 5.32 Å². The van der Waals surface area contributed by atoms with Crippen LogP contribution in [0.25, 0.3) is 0 Å². The van der Waals surface area contributed by atoms with Crippen molar-refractivity contribution >= 4 is 29.1 Å². The lowest BCUT2D eigenvalue weighted by Crippen LogP contribution is -2.26. The topological polar surface area (TPSA) is 29.1 Å². The molecular formula is C15H12Cl2FNO. The first kappa shape index (κ1) is 14.8. The minimum Gasteiger partial charge on any atom is -0.352 e. The maximum Gasteiger partial charge on any atom is 0.254 e. The van der Waals surface area contributed by atoms with Crippen molar-refractivity contribution in [1.29, 1.82) is 0 Å². The predicted molar refractivity (Wildman–Crippen MR) is 78.9 cm³/mol. The van der Waals surface area contributed by atoms with Gasteiger partial charge < -0.3 is 5.32 Å². The van der Waals surface area contributed by atoms with Gasteiger partial charge in [-0.1, -0.05) is 35.3 Å². The highest BCUT2D eigenvalue weighted by Crippen LogP contribution is 2.15. The zero-order valence-electron chi connectivity index (χ0n) is 10.5. The molecule has 1 amide bonds. The Hall–Kier alpha value is -1.58. The summed E-state index contributed by atoms with van der Waals surface area (Å²) in [4.78, 5) is 11.8. The van der Waals surface area contributed by atoms with Crippen molar-refractivity contribution in [3.63, 3.8) is 0 Å². The monoisotopic (exact) mass is 311 g/mol. The Balaban J connectivity index is 1.92.